The molecule has 0 amide bonds. The first kappa shape index (κ1) is 14.3. The van der Waals surface area contributed by atoms with Gasteiger partial charge in [0.25, 0.3) is 0 Å². The maximum atomic E-state index is 11.5. The van der Waals surface area contributed by atoms with Crippen LogP contribution in [0, 0.1) is 0 Å². The van der Waals surface area contributed by atoms with Crippen LogP contribution in [0.3, 0.4) is 0 Å². The van der Waals surface area contributed by atoms with Crippen molar-refractivity contribution >= 4 is 21.4 Å². The van der Waals surface area contributed by atoms with E-state index in [1.54, 1.807) is 23.0 Å². The lowest BCUT2D eigenvalue weighted by Gasteiger charge is -2.11. The monoisotopic (exact) mass is 296 g/mol. The van der Waals surface area contributed by atoms with Gasteiger partial charge in [0.2, 0.25) is 10.0 Å². The van der Waals surface area contributed by atoms with Gasteiger partial charge < -0.3 is 15.6 Å². The minimum absolute atomic E-state index is 0.0181. The van der Waals surface area contributed by atoms with E-state index < -0.39 is 10.0 Å². The zero-order valence-corrected chi connectivity index (χ0v) is 11.8. The van der Waals surface area contributed by atoms with Gasteiger partial charge in [-0.3, -0.25) is 0 Å². The molecule has 5 N–H and O–H groups in total. The minimum Gasteiger partial charge on any atom is -0.399 e. The lowest BCUT2D eigenvalue weighted by Crippen LogP contribution is -2.17. The molecule has 0 spiro atoms. The highest BCUT2D eigenvalue weighted by Crippen LogP contribution is 2.22. The van der Waals surface area contributed by atoms with E-state index in [-0.39, 0.29) is 4.90 Å². The summed E-state index contributed by atoms with van der Waals surface area (Å²) in [6.45, 7) is 0.499. The van der Waals surface area contributed by atoms with Gasteiger partial charge in [-0.05, 0) is 18.2 Å². The Morgan fingerprint density at radius 3 is 2.75 bits per heavy atom. The normalized spacial score (nSPS) is 11.5. The molecular formula is C11H16N6O2S. The number of rotatable bonds is 5. The second kappa shape index (κ2) is 5.47. The summed E-state index contributed by atoms with van der Waals surface area (Å²) in [5.74, 6) is 0.796. The van der Waals surface area contributed by atoms with E-state index in [2.05, 4.69) is 15.5 Å². The first-order valence-electron chi connectivity index (χ1n) is 5.87. The van der Waals surface area contributed by atoms with Crippen molar-refractivity contribution in [3.05, 3.63) is 30.4 Å². The molecular weight excluding hydrogens is 280 g/mol. The molecule has 20 heavy (non-hydrogen) atoms. The second-order valence-corrected chi connectivity index (χ2v) is 5.87. The fourth-order valence-electron chi connectivity index (χ4n) is 1.76. The van der Waals surface area contributed by atoms with Gasteiger partial charge in [-0.15, -0.1) is 10.2 Å². The van der Waals surface area contributed by atoms with Crippen LogP contribution in [-0.4, -0.2) is 29.7 Å². The van der Waals surface area contributed by atoms with E-state index in [1.165, 1.54) is 6.07 Å². The lowest BCUT2D eigenvalue weighted by molar-refractivity contribution is 0.598. The summed E-state index contributed by atoms with van der Waals surface area (Å²) in [7, 11) is -1.98. The molecule has 0 aliphatic heterocycles. The van der Waals surface area contributed by atoms with E-state index in [4.69, 9.17) is 10.9 Å². The summed E-state index contributed by atoms with van der Waals surface area (Å²) in [4.78, 5) is -0.0181. The standard InChI is InChI=1S/C11H16N6O2S/c1-17-7-15-16-11(17)4-5-14-9-3-2-8(12)6-10(9)20(13,18)19/h2-3,6-7,14H,4-5,12H2,1H3,(H2,13,18,19). The quantitative estimate of drug-likeness (QED) is 0.650. The number of aromatic nitrogens is 3. The van der Waals surface area contributed by atoms with E-state index in [9.17, 15) is 8.42 Å². The molecule has 1 aromatic carbocycles. The molecule has 0 bridgehead atoms. The Bertz CT molecular complexity index is 709. The lowest BCUT2D eigenvalue weighted by atomic mass is 10.2. The highest BCUT2D eigenvalue weighted by Gasteiger charge is 2.14. The third-order valence-corrected chi connectivity index (χ3v) is 3.73. The summed E-state index contributed by atoms with van der Waals surface area (Å²) < 4.78 is 24.8. The van der Waals surface area contributed by atoms with Crippen molar-refractivity contribution in [1.29, 1.82) is 0 Å². The molecule has 0 saturated heterocycles. The number of nitrogen functional groups attached to an aromatic ring is 1. The predicted octanol–water partition coefficient (Wildman–Crippen LogP) is -0.301. The van der Waals surface area contributed by atoms with E-state index in [0.29, 0.717) is 24.3 Å². The number of sulfonamides is 1. The molecule has 0 saturated carbocycles. The Morgan fingerprint density at radius 2 is 2.15 bits per heavy atom. The summed E-state index contributed by atoms with van der Waals surface area (Å²) in [6, 6.07) is 4.53. The summed E-state index contributed by atoms with van der Waals surface area (Å²) in [5.41, 5.74) is 6.34. The minimum atomic E-state index is -3.82. The van der Waals surface area contributed by atoms with Crippen LogP contribution in [0.1, 0.15) is 5.82 Å². The number of nitrogens with two attached hydrogens (primary N) is 2. The van der Waals surface area contributed by atoms with Crippen LogP contribution in [0.4, 0.5) is 11.4 Å². The molecule has 1 heterocycles. The Balaban J connectivity index is 2.12. The van der Waals surface area contributed by atoms with Crippen molar-refractivity contribution < 1.29 is 8.42 Å². The fraction of sp³-hybridized carbons (Fsp3) is 0.273. The number of aryl methyl sites for hydroxylation is 1. The first-order chi connectivity index (χ1) is 9.38. The third kappa shape index (κ3) is 3.25. The average Bonchev–Trinajstić information content (AvgIpc) is 2.76. The molecule has 0 unspecified atom stereocenters. The van der Waals surface area contributed by atoms with Gasteiger partial charge in [0.05, 0.1) is 5.69 Å². The van der Waals surface area contributed by atoms with Gasteiger partial charge >= 0.3 is 0 Å². The molecule has 0 atom stereocenters. The van der Waals surface area contributed by atoms with Gasteiger partial charge in [-0.25, -0.2) is 13.6 Å². The molecule has 8 nitrogen and oxygen atoms in total. The SMILES string of the molecule is Cn1cnnc1CCNc1ccc(N)cc1S(N)(=O)=O. The van der Waals surface area contributed by atoms with Crippen LogP contribution in [0.15, 0.2) is 29.4 Å². The maximum absolute atomic E-state index is 11.5. The van der Waals surface area contributed by atoms with Gasteiger partial charge in [-0.1, -0.05) is 0 Å². The van der Waals surface area contributed by atoms with Crippen molar-refractivity contribution in [2.75, 3.05) is 17.6 Å². The predicted molar refractivity (Wildman–Crippen MR) is 75.4 cm³/mol. The molecule has 0 radical (unpaired) electrons. The largest absolute Gasteiger partial charge is 0.399 e. The number of benzene rings is 1. The Hall–Kier alpha value is -2.13. The first-order valence-corrected chi connectivity index (χ1v) is 7.41. The number of nitrogens with one attached hydrogen (secondary N) is 1. The number of nitrogens with zero attached hydrogens (tertiary/aromatic N) is 3. The Labute approximate surface area is 116 Å². The van der Waals surface area contributed by atoms with E-state index in [1.807, 2.05) is 7.05 Å². The highest BCUT2D eigenvalue weighted by molar-refractivity contribution is 7.89. The van der Waals surface area contributed by atoms with Crippen LogP contribution >= 0.6 is 0 Å². The molecule has 1 aromatic heterocycles. The number of anilines is 2. The Morgan fingerprint density at radius 1 is 1.40 bits per heavy atom. The molecule has 0 aliphatic rings. The van der Waals surface area contributed by atoms with Crippen molar-refractivity contribution in [3.63, 3.8) is 0 Å². The molecule has 2 aromatic rings. The summed E-state index contributed by atoms with van der Waals surface area (Å²) in [5, 5.41) is 15.9. The fourth-order valence-corrected chi connectivity index (χ4v) is 2.51. The van der Waals surface area contributed by atoms with Crippen LogP contribution in [0.5, 0.6) is 0 Å². The van der Waals surface area contributed by atoms with E-state index >= 15 is 0 Å². The number of primary sulfonamides is 1. The maximum Gasteiger partial charge on any atom is 0.240 e. The van der Waals surface area contributed by atoms with E-state index in [0.717, 1.165) is 5.82 Å². The topological polar surface area (TPSA) is 129 Å². The zero-order chi connectivity index (χ0) is 14.8. The van der Waals surface area contributed by atoms with Crippen molar-refractivity contribution in [2.24, 2.45) is 12.2 Å². The third-order valence-electron chi connectivity index (χ3n) is 2.78. The van der Waals surface area contributed by atoms with Gasteiger partial charge in [-0.2, -0.15) is 0 Å². The molecule has 9 heteroatoms. The van der Waals surface area contributed by atoms with Gasteiger partial charge in [0, 0.05) is 25.7 Å². The molecule has 2 rings (SSSR count). The molecule has 0 fully saturated rings. The summed E-state index contributed by atoms with van der Waals surface area (Å²) >= 11 is 0. The zero-order valence-electron chi connectivity index (χ0n) is 10.9. The smallest absolute Gasteiger partial charge is 0.240 e. The van der Waals surface area contributed by atoms with Gasteiger partial charge in [0.1, 0.15) is 17.0 Å². The van der Waals surface area contributed by atoms with Crippen molar-refractivity contribution in [2.45, 2.75) is 11.3 Å². The van der Waals surface area contributed by atoms with Crippen LogP contribution in [0.2, 0.25) is 0 Å². The van der Waals surface area contributed by atoms with Gasteiger partial charge in [0.15, 0.2) is 0 Å². The molecule has 0 aliphatic carbocycles. The summed E-state index contributed by atoms with van der Waals surface area (Å²) in [6.07, 6.45) is 2.21. The molecule has 108 valence electrons. The average molecular weight is 296 g/mol. The highest BCUT2D eigenvalue weighted by atomic mass is 32.2. The second-order valence-electron chi connectivity index (χ2n) is 4.34. The van der Waals surface area contributed by atoms with Crippen molar-refractivity contribution in [1.82, 2.24) is 14.8 Å². The van der Waals surface area contributed by atoms with Crippen LogP contribution in [0.25, 0.3) is 0 Å². The van der Waals surface area contributed by atoms with Crippen LogP contribution in [-0.2, 0) is 23.5 Å². The number of hydrogen-bond acceptors (Lipinski definition) is 6. The van der Waals surface area contributed by atoms with Crippen molar-refractivity contribution in [3.8, 4) is 0 Å². The number of hydrogen-bond donors (Lipinski definition) is 3. The van der Waals surface area contributed by atoms with Crippen LogP contribution < -0.4 is 16.2 Å². The Kier molecular flexibility index (Phi) is 3.91.